The van der Waals surface area contributed by atoms with Gasteiger partial charge in [-0.25, -0.2) is 0 Å². The number of pyridine rings is 1. The van der Waals surface area contributed by atoms with Gasteiger partial charge in [-0.1, -0.05) is 38.5 Å². The molecule has 0 unspecified atom stereocenters. The highest BCUT2D eigenvalue weighted by Gasteiger charge is 2.18. The molecule has 0 radical (unpaired) electrons. The van der Waals surface area contributed by atoms with Crippen LogP contribution in [-0.4, -0.2) is 17.4 Å². The second kappa shape index (κ2) is 9.21. The minimum atomic E-state index is 0.127. The van der Waals surface area contributed by atoms with Gasteiger partial charge in [0.15, 0.2) is 5.78 Å². The summed E-state index contributed by atoms with van der Waals surface area (Å²) in [5.41, 5.74) is 1.69. The van der Waals surface area contributed by atoms with Crippen molar-refractivity contribution in [1.29, 1.82) is 0 Å². The van der Waals surface area contributed by atoms with Gasteiger partial charge >= 0.3 is 0 Å². The van der Waals surface area contributed by atoms with Crippen molar-refractivity contribution >= 4 is 5.78 Å². The first kappa shape index (κ1) is 17.5. The molecule has 0 spiro atoms. The predicted molar refractivity (Wildman–Crippen MR) is 97.2 cm³/mol. The lowest BCUT2D eigenvalue weighted by molar-refractivity contribution is 0.0933. The van der Waals surface area contributed by atoms with Crippen molar-refractivity contribution < 1.29 is 14.3 Å². The molecule has 1 aromatic heterocycles. The van der Waals surface area contributed by atoms with Gasteiger partial charge in [0, 0.05) is 24.9 Å². The van der Waals surface area contributed by atoms with Gasteiger partial charge in [-0.2, -0.15) is 0 Å². The first-order valence-corrected chi connectivity index (χ1v) is 9.15. The average molecular weight is 339 g/mol. The van der Waals surface area contributed by atoms with E-state index in [0.717, 1.165) is 5.56 Å². The van der Waals surface area contributed by atoms with Gasteiger partial charge in [0.25, 0.3) is 0 Å². The summed E-state index contributed by atoms with van der Waals surface area (Å²) in [5.74, 6) is 1.44. The van der Waals surface area contributed by atoms with Crippen LogP contribution in [0.15, 0.2) is 42.7 Å². The van der Waals surface area contributed by atoms with Crippen LogP contribution in [-0.2, 0) is 6.61 Å². The molecule has 1 aromatic carbocycles. The van der Waals surface area contributed by atoms with Crippen LogP contribution in [0.2, 0.25) is 0 Å². The van der Waals surface area contributed by atoms with Crippen molar-refractivity contribution in [2.24, 2.45) is 0 Å². The van der Waals surface area contributed by atoms with E-state index < -0.39 is 0 Å². The Bertz CT molecular complexity index is 669. The molecule has 0 amide bonds. The number of Topliss-reactive ketones (excluding diaryl/α,β-unsaturated/α-hetero) is 1. The lowest BCUT2D eigenvalue weighted by Crippen LogP contribution is -2.15. The molecule has 25 heavy (non-hydrogen) atoms. The summed E-state index contributed by atoms with van der Waals surface area (Å²) in [6.45, 7) is 0.912. The highest BCUT2D eigenvalue weighted by atomic mass is 16.5. The second-order valence-electron chi connectivity index (χ2n) is 6.45. The van der Waals surface area contributed by atoms with Crippen LogP contribution >= 0.6 is 0 Å². The highest BCUT2D eigenvalue weighted by molar-refractivity contribution is 5.99. The van der Waals surface area contributed by atoms with Gasteiger partial charge in [-0.3, -0.25) is 9.78 Å². The summed E-state index contributed by atoms with van der Waals surface area (Å²) in [7, 11) is 0. The summed E-state index contributed by atoms with van der Waals surface area (Å²) in [5, 5.41) is 0. The predicted octanol–water partition coefficient (Wildman–Crippen LogP) is 4.97. The highest BCUT2D eigenvalue weighted by Crippen LogP contribution is 2.29. The van der Waals surface area contributed by atoms with Gasteiger partial charge in [0.1, 0.15) is 18.1 Å². The molecule has 2 aliphatic rings. The van der Waals surface area contributed by atoms with Crippen LogP contribution in [0.4, 0.5) is 0 Å². The molecule has 1 saturated carbocycles. The third kappa shape index (κ3) is 5.31. The number of fused-ring (bicyclic) bond motifs is 1. The molecule has 0 atom stereocenters. The molecule has 4 nitrogen and oxygen atoms in total. The molecule has 132 valence electrons. The average Bonchev–Trinajstić information content (AvgIpc) is 2.69. The van der Waals surface area contributed by atoms with Gasteiger partial charge in [-0.15, -0.1) is 0 Å². The van der Waals surface area contributed by atoms with Crippen molar-refractivity contribution in [2.75, 3.05) is 6.61 Å². The zero-order valence-electron chi connectivity index (χ0n) is 14.6. The molecular weight excluding hydrogens is 314 g/mol. The number of ether oxygens (including phenoxy) is 2. The van der Waals surface area contributed by atoms with Gasteiger partial charge in [-0.05, 0) is 29.8 Å². The van der Waals surface area contributed by atoms with Gasteiger partial charge in [0.2, 0.25) is 0 Å². The molecule has 0 N–H and O–H groups in total. The maximum absolute atomic E-state index is 11.6. The SMILES string of the molecule is C1CCCCC1.O=C1CCOc2cc(OCc3ccncc3)ccc21. The summed E-state index contributed by atoms with van der Waals surface area (Å²) in [6, 6.07) is 9.13. The first-order valence-electron chi connectivity index (χ1n) is 9.15. The molecule has 4 heteroatoms. The summed E-state index contributed by atoms with van der Waals surface area (Å²) >= 11 is 0. The van der Waals surface area contributed by atoms with Crippen LogP contribution < -0.4 is 9.47 Å². The number of hydrogen-bond donors (Lipinski definition) is 0. The molecule has 0 bridgehead atoms. The number of ketones is 1. The standard InChI is InChI=1S/C15H13NO3.C6H12/c17-14-5-8-18-15-9-12(1-2-13(14)15)19-10-11-3-6-16-7-4-11;1-2-4-6-5-3-1/h1-4,6-7,9H,5,8,10H2;1-6H2. The number of rotatable bonds is 3. The molecule has 0 saturated heterocycles. The molecule has 1 fully saturated rings. The van der Waals surface area contributed by atoms with Gasteiger partial charge < -0.3 is 9.47 Å². The van der Waals surface area contributed by atoms with E-state index in [4.69, 9.17) is 9.47 Å². The zero-order chi connectivity index (χ0) is 17.3. The van der Waals surface area contributed by atoms with Crippen LogP contribution in [0, 0.1) is 0 Å². The number of carbonyl (C=O) groups is 1. The quantitative estimate of drug-likeness (QED) is 0.792. The fourth-order valence-corrected chi connectivity index (χ4v) is 3.04. The number of hydrogen-bond acceptors (Lipinski definition) is 4. The Kier molecular flexibility index (Phi) is 6.43. The van der Waals surface area contributed by atoms with E-state index in [1.54, 1.807) is 30.6 Å². The van der Waals surface area contributed by atoms with E-state index in [0.29, 0.717) is 36.7 Å². The van der Waals surface area contributed by atoms with Crippen molar-refractivity contribution in [3.05, 3.63) is 53.9 Å². The monoisotopic (exact) mass is 339 g/mol. The largest absolute Gasteiger partial charge is 0.492 e. The Morgan fingerprint density at radius 3 is 2.32 bits per heavy atom. The lowest BCUT2D eigenvalue weighted by atomic mass is 10.0. The number of nitrogens with zero attached hydrogens (tertiary/aromatic N) is 1. The molecule has 2 heterocycles. The van der Waals surface area contributed by atoms with Crippen LogP contribution in [0.25, 0.3) is 0 Å². The summed E-state index contributed by atoms with van der Waals surface area (Å²) in [4.78, 5) is 15.6. The van der Waals surface area contributed by atoms with Crippen LogP contribution in [0.5, 0.6) is 11.5 Å². The second-order valence-corrected chi connectivity index (χ2v) is 6.45. The van der Waals surface area contributed by atoms with Crippen molar-refractivity contribution in [3.63, 3.8) is 0 Å². The molecule has 1 aliphatic heterocycles. The Labute approximate surface area is 149 Å². The fraction of sp³-hybridized carbons (Fsp3) is 0.429. The van der Waals surface area contributed by atoms with E-state index in [1.165, 1.54) is 38.5 Å². The zero-order valence-corrected chi connectivity index (χ0v) is 14.6. The summed E-state index contributed by atoms with van der Waals surface area (Å²) < 4.78 is 11.2. The third-order valence-electron chi connectivity index (χ3n) is 4.50. The Morgan fingerprint density at radius 2 is 1.64 bits per heavy atom. The number of carbonyl (C=O) groups excluding carboxylic acids is 1. The van der Waals surface area contributed by atoms with Crippen molar-refractivity contribution in [2.45, 2.75) is 51.6 Å². The molecule has 4 rings (SSSR count). The molecule has 1 aliphatic carbocycles. The Balaban J connectivity index is 0.000000258. The topological polar surface area (TPSA) is 48.4 Å². The molecule has 2 aromatic rings. The molecular formula is C21H25NO3. The van der Waals surface area contributed by atoms with E-state index in [1.807, 2.05) is 12.1 Å². The van der Waals surface area contributed by atoms with E-state index in [9.17, 15) is 4.79 Å². The smallest absolute Gasteiger partial charge is 0.169 e. The maximum Gasteiger partial charge on any atom is 0.169 e. The number of aromatic nitrogens is 1. The first-order chi connectivity index (χ1) is 12.3. The van der Waals surface area contributed by atoms with E-state index >= 15 is 0 Å². The third-order valence-corrected chi connectivity index (χ3v) is 4.50. The Morgan fingerprint density at radius 1 is 0.960 bits per heavy atom. The Hall–Kier alpha value is -2.36. The lowest BCUT2D eigenvalue weighted by Gasteiger charge is -2.17. The van der Waals surface area contributed by atoms with Crippen molar-refractivity contribution in [3.8, 4) is 11.5 Å². The van der Waals surface area contributed by atoms with Crippen LogP contribution in [0.1, 0.15) is 60.9 Å². The fourth-order valence-electron chi connectivity index (χ4n) is 3.04. The summed E-state index contributed by atoms with van der Waals surface area (Å²) in [6.07, 6.45) is 12.9. The van der Waals surface area contributed by atoms with E-state index in [-0.39, 0.29) is 5.78 Å². The number of benzene rings is 1. The van der Waals surface area contributed by atoms with Crippen LogP contribution in [0.3, 0.4) is 0 Å². The minimum absolute atomic E-state index is 0.127. The minimum Gasteiger partial charge on any atom is -0.492 e. The van der Waals surface area contributed by atoms with Crippen molar-refractivity contribution in [1.82, 2.24) is 4.98 Å². The van der Waals surface area contributed by atoms with Gasteiger partial charge in [0.05, 0.1) is 12.2 Å². The maximum atomic E-state index is 11.6. The van der Waals surface area contributed by atoms with E-state index in [2.05, 4.69) is 4.98 Å². The normalized spacial score (nSPS) is 16.1.